The number of aromatic nitrogens is 2. The molecule has 0 radical (unpaired) electrons. The molecule has 0 aliphatic rings. The summed E-state index contributed by atoms with van der Waals surface area (Å²) in [5.41, 5.74) is 0.133. The maximum absolute atomic E-state index is 14.9. The number of carbonyl (C=O) groups is 1. The van der Waals surface area contributed by atoms with Crippen molar-refractivity contribution in [3.05, 3.63) is 73.2 Å². The number of nitro benzene ring substituents is 1. The topological polar surface area (TPSA) is 127 Å². The Morgan fingerprint density at radius 3 is 2.77 bits per heavy atom. The van der Waals surface area contributed by atoms with E-state index in [4.69, 9.17) is 4.74 Å². The van der Waals surface area contributed by atoms with Crippen molar-refractivity contribution in [3.8, 4) is 22.6 Å². The Balaban J connectivity index is 2.05. The van der Waals surface area contributed by atoms with Crippen molar-refractivity contribution in [1.29, 1.82) is 0 Å². The van der Waals surface area contributed by atoms with Crippen molar-refractivity contribution in [3.63, 3.8) is 0 Å². The van der Waals surface area contributed by atoms with Crippen LogP contribution in [-0.4, -0.2) is 32.7 Å². The lowest BCUT2D eigenvalue weighted by Crippen LogP contribution is -2.06. The van der Waals surface area contributed by atoms with Gasteiger partial charge in [-0.1, -0.05) is 0 Å². The largest absolute Gasteiger partial charge is 0.494 e. The van der Waals surface area contributed by atoms with E-state index in [0.29, 0.717) is 16.6 Å². The molecule has 0 spiro atoms. The van der Waals surface area contributed by atoms with Crippen LogP contribution in [0.2, 0.25) is 0 Å². The average Bonchev–Trinajstić information content (AvgIpc) is 3.33. The quantitative estimate of drug-likeness (QED) is 0.367. The van der Waals surface area contributed by atoms with E-state index in [0.717, 1.165) is 23.5 Å². The van der Waals surface area contributed by atoms with Gasteiger partial charge in [-0.25, -0.2) is 9.18 Å². The molecular weight excluding hydrogens is 417 g/mol. The number of non-ortho nitro benzene ring substituents is 1. The lowest BCUT2D eigenvalue weighted by molar-refractivity contribution is -0.385. The third-order valence-corrected chi connectivity index (χ3v) is 5.45. The van der Waals surface area contributed by atoms with Crippen LogP contribution in [-0.2, 0) is 0 Å². The van der Waals surface area contributed by atoms with E-state index < -0.39 is 28.0 Å². The third-order valence-electron chi connectivity index (χ3n) is 4.53. The number of hydrogen-bond donors (Lipinski definition) is 2. The van der Waals surface area contributed by atoms with Gasteiger partial charge in [0.15, 0.2) is 11.6 Å². The van der Waals surface area contributed by atoms with Crippen molar-refractivity contribution in [1.82, 2.24) is 9.55 Å². The first-order valence-electron chi connectivity index (χ1n) is 8.39. The highest BCUT2D eigenvalue weighted by Gasteiger charge is 2.23. The van der Waals surface area contributed by atoms with Gasteiger partial charge in [-0.15, -0.1) is 11.3 Å². The average molecular weight is 429 g/mol. The second-order valence-corrected chi connectivity index (χ2v) is 7.13. The summed E-state index contributed by atoms with van der Waals surface area (Å²) in [6, 6.07) is 4.82. The summed E-state index contributed by atoms with van der Waals surface area (Å²) in [5, 5.41) is 22.0. The maximum atomic E-state index is 14.9. The number of thiophene rings is 1. The number of carboxylic acid groups (broad SMARTS) is 1. The Morgan fingerprint density at radius 2 is 2.13 bits per heavy atom. The molecule has 0 bridgehead atoms. The van der Waals surface area contributed by atoms with Gasteiger partial charge in [-0.3, -0.25) is 14.9 Å². The number of pyridine rings is 1. The molecule has 2 N–H and O–H groups in total. The molecule has 0 aliphatic carbocycles. The van der Waals surface area contributed by atoms with Gasteiger partial charge in [0.05, 0.1) is 35.1 Å². The minimum absolute atomic E-state index is 0.0809. The number of H-pyrrole nitrogens is 1. The number of aromatic amines is 1. The van der Waals surface area contributed by atoms with Crippen molar-refractivity contribution in [2.24, 2.45) is 0 Å². The molecule has 11 heteroatoms. The highest BCUT2D eigenvalue weighted by Crippen LogP contribution is 2.37. The van der Waals surface area contributed by atoms with Gasteiger partial charge in [0.25, 0.3) is 11.2 Å². The first kappa shape index (κ1) is 19.3. The smallest absolute Gasteiger partial charge is 0.345 e. The van der Waals surface area contributed by atoms with Crippen molar-refractivity contribution >= 4 is 33.9 Å². The second-order valence-electron chi connectivity index (χ2n) is 6.22. The molecule has 4 aromatic rings. The van der Waals surface area contributed by atoms with Crippen LogP contribution < -0.4 is 10.3 Å². The molecule has 30 heavy (non-hydrogen) atoms. The fourth-order valence-corrected chi connectivity index (χ4v) is 3.99. The molecule has 152 valence electrons. The molecule has 3 aromatic heterocycles. The third kappa shape index (κ3) is 3.01. The molecule has 9 nitrogen and oxygen atoms in total. The number of aromatic carboxylic acids is 1. The molecule has 0 saturated heterocycles. The number of nitro groups is 1. The number of ether oxygens (including phenoxy) is 1. The summed E-state index contributed by atoms with van der Waals surface area (Å²) >= 11 is 0.993. The van der Waals surface area contributed by atoms with Gasteiger partial charge in [0.1, 0.15) is 10.6 Å². The van der Waals surface area contributed by atoms with Crippen LogP contribution in [0.1, 0.15) is 9.67 Å². The van der Waals surface area contributed by atoms with Gasteiger partial charge in [-0.2, -0.15) is 0 Å². The van der Waals surface area contributed by atoms with Gasteiger partial charge in [-0.05, 0) is 23.1 Å². The lowest BCUT2D eigenvalue weighted by atomic mass is 10.1. The number of nitrogens with one attached hydrogen (secondary N) is 1. The van der Waals surface area contributed by atoms with E-state index in [2.05, 4.69) is 4.98 Å². The number of halogens is 1. The van der Waals surface area contributed by atoms with Crippen LogP contribution in [0.25, 0.3) is 27.7 Å². The summed E-state index contributed by atoms with van der Waals surface area (Å²) in [6.07, 6.45) is 2.86. The summed E-state index contributed by atoms with van der Waals surface area (Å²) in [6.45, 7) is 0. The molecule has 4 rings (SSSR count). The predicted octanol–water partition coefficient (Wildman–Crippen LogP) is 3.80. The van der Waals surface area contributed by atoms with E-state index in [1.165, 1.54) is 30.1 Å². The molecule has 0 aliphatic heterocycles. The van der Waals surface area contributed by atoms with E-state index in [1.807, 2.05) is 0 Å². The number of fused-ring (bicyclic) bond motifs is 1. The van der Waals surface area contributed by atoms with Crippen molar-refractivity contribution < 1.29 is 24.0 Å². The first-order chi connectivity index (χ1) is 14.3. The van der Waals surface area contributed by atoms with Crippen LogP contribution in [0.15, 0.2) is 46.8 Å². The number of benzene rings is 1. The van der Waals surface area contributed by atoms with Crippen molar-refractivity contribution in [2.75, 3.05) is 7.11 Å². The summed E-state index contributed by atoms with van der Waals surface area (Å²) in [4.78, 5) is 36.7. The zero-order valence-corrected chi connectivity index (χ0v) is 16.0. The summed E-state index contributed by atoms with van der Waals surface area (Å²) in [5.74, 6) is -2.12. The van der Waals surface area contributed by atoms with Crippen molar-refractivity contribution in [2.45, 2.75) is 0 Å². The summed E-state index contributed by atoms with van der Waals surface area (Å²) in [7, 11) is 1.25. The Kier molecular flexibility index (Phi) is 4.59. The Morgan fingerprint density at radius 1 is 1.37 bits per heavy atom. The van der Waals surface area contributed by atoms with Gasteiger partial charge >= 0.3 is 5.97 Å². The van der Waals surface area contributed by atoms with Crippen LogP contribution in [0.5, 0.6) is 5.75 Å². The number of hydrogen-bond acceptors (Lipinski definition) is 6. The monoisotopic (exact) mass is 429 g/mol. The van der Waals surface area contributed by atoms with Crippen LogP contribution >= 0.6 is 11.3 Å². The van der Waals surface area contributed by atoms with Crippen LogP contribution in [0.3, 0.4) is 0 Å². The van der Waals surface area contributed by atoms with Crippen LogP contribution in [0, 0.1) is 15.9 Å². The highest BCUT2D eigenvalue weighted by molar-refractivity contribution is 7.12. The minimum Gasteiger partial charge on any atom is -0.494 e. The lowest BCUT2D eigenvalue weighted by Gasteiger charge is -2.12. The molecule has 0 amide bonds. The Bertz CT molecular complexity index is 1390. The SMILES string of the molecule is COc1cc([N+](=O)[O-])cc(F)c1-n1cc(-c2csc(C(=O)O)c2)c2c(=O)[nH]ccc21. The number of carboxylic acids is 1. The number of methoxy groups -OCH3 is 1. The van der Waals surface area contributed by atoms with E-state index in [1.54, 1.807) is 11.4 Å². The fraction of sp³-hybridized carbons (Fsp3) is 0.0526. The molecule has 0 atom stereocenters. The maximum Gasteiger partial charge on any atom is 0.345 e. The number of rotatable bonds is 5. The minimum atomic E-state index is -1.10. The molecule has 1 aromatic carbocycles. The van der Waals surface area contributed by atoms with Gasteiger partial charge < -0.3 is 19.4 Å². The standard InChI is InChI=1S/C19H12FN3O6S/c1-29-14-6-10(23(27)28)5-12(20)17(14)22-7-11(9-4-15(19(25)26)30-8-9)16-13(22)2-3-21-18(16)24/h2-8H,1H3,(H,21,24)(H,25,26). The molecule has 0 fully saturated rings. The Labute approximate surface area is 170 Å². The summed E-state index contributed by atoms with van der Waals surface area (Å²) < 4.78 is 21.5. The predicted molar refractivity (Wildman–Crippen MR) is 107 cm³/mol. The second kappa shape index (κ2) is 7.12. The molecule has 0 saturated carbocycles. The normalized spacial score (nSPS) is 11.0. The fourth-order valence-electron chi connectivity index (χ4n) is 3.24. The van der Waals surface area contributed by atoms with Gasteiger partial charge in [0, 0.05) is 18.0 Å². The van der Waals surface area contributed by atoms with E-state index in [-0.39, 0.29) is 21.7 Å². The molecular formula is C19H12FN3O6S. The van der Waals surface area contributed by atoms with E-state index in [9.17, 15) is 29.2 Å². The zero-order chi connectivity index (χ0) is 21.6. The Hall–Kier alpha value is -3.99. The molecule has 0 unspecified atom stereocenters. The number of nitrogens with zero attached hydrogens (tertiary/aromatic N) is 2. The van der Waals surface area contributed by atoms with E-state index >= 15 is 0 Å². The van der Waals surface area contributed by atoms with Gasteiger partial charge in [0.2, 0.25) is 0 Å². The zero-order valence-electron chi connectivity index (χ0n) is 15.2. The van der Waals surface area contributed by atoms with Crippen LogP contribution in [0.4, 0.5) is 10.1 Å². The highest BCUT2D eigenvalue weighted by atomic mass is 32.1. The first-order valence-corrected chi connectivity index (χ1v) is 9.27. The molecule has 3 heterocycles.